The highest BCUT2D eigenvalue weighted by atomic mass is 15.3. The molecule has 1 aromatic rings. The third-order valence-electron chi connectivity index (χ3n) is 4.30. The molecule has 1 aliphatic rings. The molecule has 0 radical (unpaired) electrons. The molecular formula is C17H31N3. The number of hydrogen-bond donors (Lipinski definition) is 1. The lowest BCUT2D eigenvalue weighted by molar-refractivity contribution is 0.387. The molecule has 0 unspecified atom stereocenters. The Morgan fingerprint density at radius 3 is 2.35 bits per heavy atom. The number of hydrogen-bond acceptors (Lipinski definition) is 2. The number of aryl methyl sites for hydroxylation is 1. The van der Waals surface area contributed by atoms with Crippen LogP contribution in [-0.2, 0) is 19.0 Å². The molecule has 114 valence electrons. The Kier molecular flexibility index (Phi) is 5.25. The lowest BCUT2D eigenvalue weighted by Gasteiger charge is -2.22. The molecule has 3 nitrogen and oxygen atoms in total. The van der Waals surface area contributed by atoms with Crippen LogP contribution in [-0.4, -0.2) is 15.8 Å². The van der Waals surface area contributed by atoms with Gasteiger partial charge in [-0.1, -0.05) is 52.9 Å². The molecule has 20 heavy (non-hydrogen) atoms. The monoisotopic (exact) mass is 277 g/mol. The minimum Gasteiger partial charge on any atom is -0.310 e. The van der Waals surface area contributed by atoms with Gasteiger partial charge >= 0.3 is 0 Å². The molecule has 3 heteroatoms. The van der Waals surface area contributed by atoms with E-state index in [0.717, 1.165) is 6.54 Å². The van der Waals surface area contributed by atoms with Crippen LogP contribution in [0.2, 0.25) is 0 Å². The summed E-state index contributed by atoms with van der Waals surface area (Å²) in [5.41, 5.74) is 2.72. The molecule has 1 N–H and O–H groups in total. The van der Waals surface area contributed by atoms with E-state index < -0.39 is 0 Å². The van der Waals surface area contributed by atoms with Crippen LogP contribution >= 0.6 is 0 Å². The summed E-state index contributed by atoms with van der Waals surface area (Å²) in [6.45, 7) is 7.70. The Hall–Kier alpha value is -0.830. The van der Waals surface area contributed by atoms with Gasteiger partial charge in [-0.3, -0.25) is 4.68 Å². The maximum absolute atomic E-state index is 4.66. The van der Waals surface area contributed by atoms with Gasteiger partial charge in [-0.15, -0.1) is 0 Å². The maximum Gasteiger partial charge on any atom is 0.0722 e. The molecule has 0 atom stereocenters. The third kappa shape index (κ3) is 4.34. The van der Waals surface area contributed by atoms with E-state index in [0.29, 0.717) is 6.04 Å². The Morgan fingerprint density at radius 1 is 1.15 bits per heavy atom. The van der Waals surface area contributed by atoms with E-state index in [2.05, 4.69) is 37.4 Å². The largest absolute Gasteiger partial charge is 0.310 e. The third-order valence-corrected chi connectivity index (χ3v) is 4.30. The normalized spacial score (nSPS) is 18.8. The quantitative estimate of drug-likeness (QED) is 0.907. The summed E-state index contributed by atoms with van der Waals surface area (Å²) in [5, 5.41) is 8.43. The first-order chi connectivity index (χ1) is 9.47. The second-order valence-electron chi connectivity index (χ2n) is 7.35. The molecule has 1 fully saturated rings. The molecule has 0 aliphatic heterocycles. The topological polar surface area (TPSA) is 29.9 Å². The summed E-state index contributed by atoms with van der Waals surface area (Å²) in [6.07, 6.45) is 11.9. The van der Waals surface area contributed by atoms with Crippen molar-refractivity contribution in [1.29, 1.82) is 0 Å². The van der Waals surface area contributed by atoms with Crippen LogP contribution in [0.1, 0.15) is 77.0 Å². The summed E-state index contributed by atoms with van der Waals surface area (Å²) in [5.74, 6) is 0. The van der Waals surface area contributed by atoms with Gasteiger partial charge in [-0.2, -0.15) is 5.10 Å². The first-order valence-corrected chi connectivity index (χ1v) is 8.23. The van der Waals surface area contributed by atoms with Crippen LogP contribution < -0.4 is 5.32 Å². The highest BCUT2D eigenvalue weighted by Crippen LogP contribution is 2.24. The van der Waals surface area contributed by atoms with E-state index in [1.807, 2.05) is 11.7 Å². The first kappa shape index (κ1) is 15.6. The summed E-state index contributed by atoms with van der Waals surface area (Å²) in [4.78, 5) is 0. The van der Waals surface area contributed by atoms with Crippen LogP contribution in [0.25, 0.3) is 0 Å². The van der Waals surface area contributed by atoms with Crippen molar-refractivity contribution in [3.05, 3.63) is 17.5 Å². The fraction of sp³-hybridized carbons (Fsp3) is 0.824. The lowest BCUT2D eigenvalue weighted by Crippen LogP contribution is -2.30. The fourth-order valence-electron chi connectivity index (χ4n) is 3.21. The van der Waals surface area contributed by atoms with E-state index in [4.69, 9.17) is 0 Å². The molecule has 0 amide bonds. The molecule has 0 bridgehead atoms. The Bertz CT molecular complexity index is 406. The molecule has 0 spiro atoms. The Balaban J connectivity index is 1.96. The molecule has 0 aromatic carbocycles. The van der Waals surface area contributed by atoms with Gasteiger partial charge in [-0.25, -0.2) is 0 Å². The van der Waals surface area contributed by atoms with Gasteiger partial charge in [0.2, 0.25) is 0 Å². The zero-order valence-corrected chi connectivity index (χ0v) is 13.7. The predicted molar refractivity (Wildman–Crippen MR) is 84.9 cm³/mol. The molecule has 1 aliphatic carbocycles. The Labute approximate surface area is 124 Å². The van der Waals surface area contributed by atoms with Crippen LogP contribution in [0.5, 0.6) is 0 Å². The van der Waals surface area contributed by atoms with Gasteiger partial charge < -0.3 is 5.32 Å². The van der Waals surface area contributed by atoms with Crippen molar-refractivity contribution in [3.63, 3.8) is 0 Å². The van der Waals surface area contributed by atoms with Gasteiger partial charge in [-0.05, 0) is 12.8 Å². The maximum atomic E-state index is 4.66. The zero-order chi connectivity index (χ0) is 14.6. The second-order valence-corrected chi connectivity index (χ2v) is 7.35. The average molecular weight is 277 g/mol. The first-order valence-electron chi connectivity index (χ1n) is 8.23. The minimum atomic E-state index is 0.124. The van der Waals surface area contributed by atoms with E-state index >= 15 is 0 Å². The molecule has 1 heterocycles. The van der Waals surface area contributed by atoms with Crippen molar-refractivity contribution >= 4 is 0 Å². The highest BCUT2D eigenvalue weighted by Gasteiger charge is 2.22. The van der Waals surface area contributed by atoms with Gasteiger partial charge in [0.1, 0.15) is 0 Å². The fourth-order valence-corrected chi connectivity index (χ4v) is 3.21. The van der Waals surface area contributed by atoms with Crippen molar-refractivity contribution < 1.29 is 0 Å². The highest BCUT2D eigenvalue weighted by molar-refractivity contribution is 5.23. The van der Waals surface area contributed by atoms with Crippen molar-refractivity contribution in [1.82, 2.24) is 15.1 Å². The predicted octanol–water partition coefficient (Wildman–Crippen LogP) is 3.92. The molecule has 2 rings (SSSR count). The molecule has 0 saturated heterocycles. The standard InChI is InChI=1S/C17H31N3/c1-17(2,3)16-14(13-20(4)19-16)12-18-15-10-8-6-5-7-9-11-15/h13,15,18H,5-12H2,1-4H3. The summed E-state index contributed by atoms with van der Waals surface area (Å²) >= 11 is 0. The number of nitrogens with zero attached hydrogens (tertiary/aromatic N) is 2. The van der Waals surface area contributed by atoms with E-state index in [1.165, 1.54) is 56.2 Å². The van der Waals surface area contributed by atoms with Crippen molar-refractivity contribution in [2.75, 3.05) is 0 Å². The minimum absolute atomic E-state index is 0.124. The van der Waals surface area contributed by atoms with E-state index in [1.54, 1.807) is 0 Å². The lowest BCUT2D eigenvalue weighted by atomic mass is 9.89. The summed E-state index contributed by atoms with van der Waals surface area (Å²) < 4.78 is 1.95. The van der Waals surface area contributed by atoms with Crippen molar-refractivity contribution in [2.45, 2.75) is 83.7 Å². The van der Waals surface area contributed by atoms with Gasteiger partial charge in [0.05, 0.1) is 5.69 Å². The number of rotatable bonds is 3. The van der Waals surface area contributed by atoms with E-state index in [9.17, 15) is 0 Å². The van der Waals surface area contributed by atoms with Gasteiger partial charge in [0.15, 0.2) is 0 Å². The molecular weight excluding hydrogens is 246 g/mol. The van der Waals surface area contributed by atoms with Gasteiger partial charge in [0.25, 0.3) is 0 Å². The zero-order valence-electron chi connectivity index (χ0n) is 13.7. The second kappa shape index (κ2) is 6.75. The smallest absolute Gasteiger partial charge is 0.0722 e. The SMILES string of the molecule is Cn1cc(CNC2CCCCCCC2)c(C(C)(C)C)n1. The summed E-state index contributed by atoms with van der Waals surface area (Å²) in [7, 11) is 2.02. The molecule has 1 aromatic heterocycles. The van der Waals surface area contributed by atoms with Crippen LogP contribution in [0.15, 0.2) is 6.20 Å². The van der Waals surface area contributed by atoms with Crippen molar-refractivity contribution in [2.24, 2.45) is 7.05 Å². The van der Waals surface area contributed by atoms with Crippen LogP contribution in [0.4, 0.5) is 0 Å². The summed E-state index contributed by atoms with van der Waals surface area (Å²) in [6, 6.07) is 0.698. The number of aromatic nitrogens is 2. The van der Waals surface area contributed by atoms with Gasteiger partial charge in [0, 0.05) is 36.8 Å². The Morgan fingerprint density at radius 2 is 1.75 bits per heavy atom. The number of nitrogens with one attached hydrogen (secondary N) is 1. The van der Waals surface area contributed by atoms with Crippen LogP contribution in [0.3, 0.4) is 0 Å². The molecule has 1 saturated carbocycles. The van der Waals surface area contributed by atoms with Crippen molar-refractivity contribution in [3.8, 4) is 0 Å². The van der Waals surface area contributed by atoms with Crippen LogP contribution in [0, 0.1) is 0 Å². The average Bonchev–Trinajstić information content (AvgIpc) is 2.69. The van der Waals surface area contributed by atoms with E-state index in [-0.39, 0.29) is 5.41 Å².